The number of rotatable bonds is 3. The van der Waals surface area contributed by atoms with Crippen LogP contribution in [0.25, 0.3) is 11.0 Å². The molecule has 134 valence electrons. The molecular formula is C16H17NO8. The number of hydrogen-bond donors (Lipinski definition) is 5. The third-order valence-electron chi connectivity index (χ3n) is 4.28. The second-order valence-corrected chi connectivity index (χ2v) is 5.79. The third kappa shape index (κ3) is 2.81. The van der Waals surface area contributed by atoms with Crippen molar-refractivity contribution in [2.45, 2.75) is 30.5 Å². The molecule has 0 bridgehead atoms. The number of para-hydroxylation sites is 1. The normalized spacial score (nSPS) is 29.7. The summed E-state index contributed by atoms with van der Waals surface area (Å²) in [6, 6.07) is 6.23. The molecule has 6 N–H and O–H groups in total. The summed E-state index contributed by atoms with van der Waals surface area (Å²) in [5, 5.41) is 39.8. The monoisotopic (exact) mass is 351 g/mol. The molecule has 1 saturated heterocycles. The predicted octanol–water partition coefficient (Wildman–Crippen LogP) is -1.59. The minimum absolute atomic E-state index is 0.0590. The number of nitrogens with two attached hydrogens (primary N) is 1. The van der Waals surface area contributed by atoms with Crippen LogP contribution in [0.15, 0.2) is 33.5 Å². The number of carbonyl (C=O) groups is 1. The van der Waals surface area contributed by atoms with Crippen molar-refractivity contribution in [1.82, 2.24) is 0 Å². The van der Waals surface area contributed by atoms with Gasteiger partial charge in [-0.1, -0.05) is 18.2 Å². The van der Waals surface area contributed by atoms with E-state index < -0.39 is 54.2 Å². The molecule has 0 radical (unpaired) electrons. The van der Waals surface area contributed by atoms with Gasteiger partial charge >= 0.3 is 5.63 Å². The second kappa shape index (κ2) is 6.54. The number of amides is 1. The van der Waals surface area contributed by atoms with E-state index in [2.05, 4.69) is 0 Å². The maximum Gasteiger partial charge on any atom is 0.349 e. The first-order valence-electron chi connectivity index (χ1n) is 7.53. The zero-order valence-corrected chi connectivity index (χ0v) is 12.9. The molecule has 25 heavy (non-hydrogen) atoms. The molecule has 1 aliphatic heterocycles. The van der Waals surface area contributed by atoms with Gasteiger partial charge in [-0.15, -0.1) is 0 Å². The fraction of sp³-hybridized carbons (Fsp3) is 0.375. The van der Waals surface area contributed by atoms with Crippen LogP contribution >= 0.6 is 0 Å². The van der Waals surface area contributed by atoms with Gasteiger partial charge in [0.05, 0.1) is 6.61 Å². The highest BCUT2D eigenvalue weighted by Gasteiger charge is 2.46. The Labute approximate surface area is 140 Å². The fourth-order valence-corrected chi connectivity index (χ4v) is 3.04. The van der Waals surface area contributed by atoms with Crippen molar-refractivity contribution in [2.75, 3.05) is 6.61 Å². The highest BCUT2D eigenvalue weighted by atomic mass is 16.5. The van der Waals surface area contributed by atoms with Crippen LogP contribution < -0.4 is 11.4 Å². The SMILES string of the molecule is NC(=O)c1c([C@@H]2O[C@H](CO)[C@H](O)[C@H](O)[C@H]2O)c2ccccc2oc1=O. The maximum atomic E-state index is 12.2. The summed E-state index contributed by atoms with van der Waals surface area (Å²) in [6.45, 7) is -0.646. The number of hydrogen-bond acceptors (Lipinski definition) is 8. The maximum absolute atomic E-state index is 12.2. The zero-order chi connectivity index (χ0) is 18.3. The number of aliphatic hydroxyl groups is 4. The molecule has 0 unspecified atom stereocenters. The van der Waals surface area contributed by atoms with Gasteiger partial charge in [0, 0.05) is 10.9 Å². The van der Waals surface area contributed by atoms with Crippen molar-refractivity contribution in [3.63, 3.8) is 0 Å². The summed E-state index contributed by atoms with van der Waals surface area (Å²) in [7, 11) is 0. The minimum Gasteiger partial charge on any atom is -0.422 e. The van der Waals surface area contributed by atoms with Crippen molar-refractivity contribution < 1.29 is 34.4 Å². The van der Waals surface area contributed by atoms with Crippen LogP contribution in [0.5, 0.6) is 0 Å². The van der Waals surface area contributed by atoms with E-state index >= 15 is 0 Å². The predicted molar refractivity (Wildman–Crippen MR) is 83.7 cm³/mol. The summed E-state index contributed by atoms with van der Waals surface area (Å²) in [5.41, 5.74) is 3.82. The third-order valence-corrected chi connectivity index (χ3v) is 4.28. The summed E-state index contributed by atoms with van der Waals surface area (Å²) >= 11 is 0. The molecule has 1 aromatic carbocycles. The molecule has 1 aliphatic rings. The van der Waals surface area contributed by atoms with Gasteiger partial charge in [-0.05, 0) is 6.07 Å². The largest absolute Gasteiger partial charge is 0.422 e. The van der Waals surface area contributed by atoms with Crippen molar-refractivity contribution in [3.8, 4) is 0 Å². The van der Waals surface area contributed by atoms with Gasteiger partial charge in [-0.2, -0.15) is 0 Å². The first-order valence-corrected chi connectivity index (χ1v) is 7.53. The highest BCUT2D eigenvalue weighted by molar-refractivity contribution is 5.98. The van der Waals surface area contributed by atoms with Crippen LogP contribution in [0.3, 0.4) is 0 Å². The van der Waals surface area contributed by atoms with Gasteiger partial charge in [0.15, 0.2) is 0 Å². The van der Waals surface area contributed by atoms with Gasteiger partial charge in [-0.25, -0.2) is 4.79 Å². The lowest BCUT2D eigenvalue weighted by Gasteiger charge is -2.40. The Morgan fingerprint density at radius 3 is 2.44 bits per heavy atom. The Kier molecular flexibility index (Phi) is 4.58. The lowest BCUT2D eigenvalue weighted by atomic mass is 9.88. The first kappa shape index (κ1) is 17.5. The number of carbonyl (C=O) groups excluding carboxylic acids is 1. The molecule has 2 aromatic rings. The molecule has 1 fully saturated rings. The second-order valence-electron chi connectivity index (χ2n) is 5.79. The molecule has 9 nitrogen and oxygen atoms in total. The number of fused-ring (bicyclic) bond motifs is 1. The molecule has 0 aliphatic carbocycles. The van der Waals surface area contributed by atoms with E-state index in [1.54, 1.807) is 12.1 Å². The van der Waals surface area contributed by atoms with Crippen LogP contribution in [0.2, 0.25) is 0 Å². The van der Waals surface area contributed by atoms with E-state index in [1.807, 2.05) is 0 Å². The standard InChI is InChI=1S/C16H17NO8/c17-15(22)10-9(6-3-1-2-4-7(6)25-16(10)23)14-13(21)12(20)11(19)8(5-18)24-14/h1-4,8,11-14,18-21H,5H2,(H2,17,22)/t8-,11+,12+,13-,14+/m1/s1. The van der Waals surface area contributed by atoms with E-state index in [4.69, 9.17) is 14.9 Å². The first-order chi connectivity index (χ1) is 11.9. The average molecular weight is 351 g/mol. The van der Waals surface area contributed by atoms with Crippen molar-refractivity contribution >= 4 is 16.9 Å². The molecule has 1 amide bonds. The van der Waals surface area contributed by atoms with E-state index in [9.17, 15) is 30.0 Å². The zero-order valence-electron chi connectivity index (χ0n) is 12.9. The topological polar surface area (TPSA) is 163 Å². The fourth-order valence-electron chi connectivity index (χ4n) is 3.04. The van der Waals surface area contributed by atoms with Gasteiger partial charge in [0.25, 0.3) is 5.91 Å². The number of primary amides is 1. The Morgan fingerprint density at radius 2 is 1.80 bits per heavy atom. The summed E-state index contributed by atoms with van der Waals surface area (Å²) in [4.78, 5) is 24.0. The molecule has 5 atom stereocenters. The number of benzene rings is 1. The van der Waals surface area contributed by atoms with E-state index in [0.717, 1.165) is 0 Å². The molecule has 2 heterocycles. The molecule has 3 rings (SSSR count). The highest BCUT2D eigenvalue weighted by Crippen LogP contribution is 2.36. The van der Waals surface area contributed by atoms with E-state index in [0.29, 0.717) is 0 Å². The summed E-state index contributed by atoms with van der Waals surface area (Å²) in [5.74, 6) is -1.09. The summed E-state index contributed by atoms with van der Waals surface area (Å²) < 4.78 is 10.5. The van der Waals surface area contributed by atoms with Gasteiger partial charge in [-0.3, -0.25) is 4.79 Å². The van der Waals surface area contributed by atoms with Crippen LogP contribution in [-0.2, 0) is 4.74 Å². The van der Waals surface area contributed by atoms with Crippen molar-refractivity contribution in [2.24, 2.45) is 5.73 Å². The molecule has 1 aromatic heterocycles. The summed E-state index contributed by atoms with van der Waals surface area (Å²) in [6.07, 6.45) is -7.48. The molecule has 9 heteroatoms. The van der Waals surface area contributed by atoms with Gasteiger partial charge in [0.2, 0.25) is 0 Å². The Bertz CT molecular complexity index is 861. The molecule has 0 saturated carbocycles. The number of aliphatic hydroxyl groups excluding tert-OH is 4. The quantitative estimate of drug-likeness (QED) is 0.413. The van der Waals surface area contributed by atoms with Crippen LogP contribution in [0.4, 0.5) is 0 Å². The van der Waals surface area contributed by atoms with Crippen molar-refractivity contribution in [1.29, 1.82) is 0 Å². The van der Waals surface area contributed by atoms with Crippen LogP contribution in [0, 0.1) is 0 Å². The van der Waals surface area contributed by atoms with Crippen LogP contribution in [-0.4, -0.2) is 57.4 Å². The van der Waals surface area contributed by atoms with Gasteiger partial charge < -0.3 is 35.3 Å². The smallest absolute Gasteiger partial charge is 0.349 e. The van der Waals surface area contributed by atoms with E-state index in [1.165, 1.54) is 12.1 Å². The Balaban J connectivity index is 2.28. The minimum atomic E-state index is -1.67. The lowest BCUT2D eigenvalue weighted by molar-refractivity contribution is -0.231. The molecule has 0 spiro atoms. The van der Waals surface area contributed by atoms with Crippen LogP contribution in [0.1, 0.15) is 22.0 Å². The molecular weight excluding hydrogens is 334 g/mol. The van der Waals surface area contributed by atoms with Gasteiger partial charge in [0.1, 0.15) is 41.7 Å². The Morgan fingerprint density at radius 1 is 1.12 bits per heavy atom. The number of ether oxygens (including phenoxy) is 1. The van der Waals surface area contributed by atoms with Crippen molar-refractivity contribution in [3.05, 3.63) is 45.8 Å². The van der Waals surface area contributed by atoms with E-state index in [-0.39, 0.29) is 16.5 Å². The Hall–Kier alpha value is -2.30. The average Bonchev–Trinajstić information content (AvgIpc) is 2.59. The lowest BCUT2D eigenvalue weighted by Crippen LogP contribution is -2.55.